The number of hydrogen-bond donors (Lipinski definition) is 1. The maximum atomic E-state index is 13.7. The van der Waals surface area contributed by atoms with Crippen LogP contribution in [0.4, 0.5) is 18.9 Å². The van der Waals surface area contributed by atoms with Crippen LogP contribution in [0.3, 0.4) is 0 Å². The number of imidazole rings is 1. The van der Waals surface area contributed by atoms with E-state index in [1.165, 1.54) is 0 Å². The number of aromatic nitrogens is 2. The zero-order valence-electron chi connectivity index (χ0n) is 12.8. The molecule has 0 atom stereocenters. The van der Waals surface area contributed by atoms with Crippen molar-refractivity contribution in [1.82, 2.24) is 9.55 Å². The summed E-state index contributed by atoms with van der Waals surface area (Å²) in [6.45, 7) is 1.80. The molecule has 3 aromatic rings. The minimum Gasteiger partial charge on any atom is -0.322 e. The van der Waals surface area contributed by atoms with Crippen LogP contribution < -0.4 is 5.32 Å². The van der Waals surface area contributed by atoms with Crippen LogP contribution in [0.1, 0.15) is 12.7 Å². The molecule has 7 heteroatoms. The van der Waals surface area contributed by atoms with E-state index in [4.69, 9.17) is 0 Å². The van der Waals surface area contributed by atoms with Gasteiger partial charge in [0.2, 0.25) is 5.91 Å². The molecular weight excluding hydrogens is 319 g/mol. The summed E-state index contributed by atoms with van der Waals surface area (Å²) in [6, 6.07) is 9.07. The second kappa shape index (κ2) is 6.35. The lowest BCUT2D eigenvalue weighted by Gasteiger charge is -2.10. The molecule has 0 saturated carbocycles. The number of benzene rings is 2. The summed E-state index contributed by atoms with van der Waals surface area (Å²) >= 11 is 0. The third kappa shape index (κ3) is 2.84. The molecule has 0 aliphatic rings. The first-order chi connectivity index (χ1) is 11.5. The van der Waals surface area contributed by atoms with Gasteiger partial charge in [-0.05, 0) is 24.3 Å². The number of amides is 1. The van der Waals surface area contributed by atoms with Crippen molar-refractivity contribution in [2.45, 2.75) is 19.9 Å². The fraction of sp³-hybridized carbons (Fsp3) is 0.176. The first-order valence-corrected chi connectivity index (χ1v) is 7.38. The molecule has 1 N–H and O–H groups in total. The lowest BCUT2D eigenvalue weighted by Crippen LogP contribution is -2.21. The zero-order valence-corrected chi connectivity index (χ0v) is 12.8. The van der Waals surface area contributed by atoms with E-state index >= 15 is 0 Å². The Kier molecular flexibility index (Phi) is 4.24. The maximum Gasteiger partial charge on any atom is 0.244 e. The Bertz CT molecular complexity index is 921. The van der Waals surface area contributed by atoms with Gasteiger partial charge in [0.15, 0.2) is 17.5 Å². The van der Waals surface area contributed by atoms with Gasteiger partial charge in [-0.2, -0.15) is 0 Å². The minimum atomic E-state index is -1.62. The smallest absolute Gasteiger partial charge is 0.244 e. The number of halogens is 3. The van der Waals surface area contributed by atoms with Crippen molar-refractivity contribution >= 4 is 22.6 Å². The van der Waals surface area contributed by atoms with E-state index in [9.17, 15) is 18.0 Å². The molecule has 0 fully saturated rings. The van der Waals surface area contributed by atoms with Crippen LogP contribution in [-0.2, 0) is 17.8 Å². The van der Waals surface area contributed by atoms with Gasteiger partial charge in [-0.25, -0.2) is 18.2 Å². The maximum absolute atomic E-state index is 13.7. The van der Waals surface area contributed by atoms with Crippen LogP contribution in [0.5, 0.6) is 0 Å². The summed E-state index contributed by atoms with van der Waals surface area (Å²) in [7, 11) is 0. The summed E-state index contributed by atoms with van der Waals surface area (Å²) in [5.41, 5.74) is 1.12. The molecule has 1 heterocycles. The van der Waals surface area contributed by atoms with E-state index in [-0.39, 0.29) is 6.54 Å². The van der Waals surface area contributed by atoms with Crippen molar-refractivity contribution < 1.29 is 18.0 Å². The van der Waals surface area contributed by atoms with Crippen LogP contribution in [0.25, 0.3) is 11.0 Å². The molecule has 0 aliphatic heterocycles. The SMILES string of the molecule is CCc1nc2ccccc2n1CC(=O)Nc1ccc(F)c(F)c1F. The highest BCUT2D eigenvalue weighted by molar-refractivity contribution is 5.91. The number of nitrogens with one attached hydrogen (secondary N) is 1. The van der Waals surface area contributed by atoms with Gasteiger partial charge < -0.3 is 9.88 Å². The molecule has 2 aromatic carbocycles. The highest BCUT2D eigenvalue weighted by Gasteiger charge is 2.17. The Morgan fingerprint density at radius 3 is 2.62 bits per heavy atom. The van der Waals surface area contributed by atoms with Crippen LogP contribution in [0, 0.1) is 17.5 Å². The highest BCUT2D eigenvalue weighted by atomic mass is 19.2. The van der Waals surface area contributed by atoms with E-state index in [2.05, 4.69) is 10.3 Å². The molecule has 24 heavy (non-hydrogen) atoms. The average Bonchev–Trinajstić information content (AvgIpc) is 2.93. The van der Waals surface area contributed by atoms with Crippen molar-refractivity contribution in [1.29, 1.82) is 0 Å². The summed E-state index contributed by atoms with van der Waals surface area (Å²) in [6.07, 6.45) is 0.613. The van der Waals surface area contributed by atoms with Gasteiger partial charge in [-0.3, -0.25) is 4.79 Å². The number of nitrogens with zero attached hydrogens (tertiary/aromatic N) is 2. The molecule has 0 unspecified atom stereocenters. The fourth-order valence-electron chi connectivity index (χ4n) is 2.53. The number of carbonyl (C=O) groups is 1. The molecule has 1 amide bonds. The number of rotatable bonds is 4. The van der Waals surface area contributed by atoms with E-state index in [1.807, 2.05) is 31.2 Å². The minimum absolute atomic E-state index is 0.109. The highest BCUT2D eigenvalue weighted by Crippen LogP contribution is 2.20. The standard InChI is InChI=1S/C17H14F3N3O/c1-2-14-21-11-5-3-4-6-13(11)23(14)9-15(24)22-12-8-7-10(18)16(19)17(12)20/h3-8H,2,9H2,1H3,(H,22,24). The Morgan fingerprint density at radius 2 is 1.88 bits per heavy atom. The number of aryl methyl sites for hydroxylation is 1. The van der Waals surface area contributed by atoms with Crippen LogP contribution in [0.15, 0.2) is 36.4 Å². The Labute approximate surface area is 135 Å². The fourth-order valence-corrected chi connectivity index (χ4v) is 2.53. The normalized spacial score (nSPS) is 11.0. The van der Waals surface area contributed by atoms with Crippen molar-refractivity contribution in [2.75, 3.05) is 5.32 Å². The van der Waals surface area contributed by atoms with Gasteiger partial charge in [0, 0.05) is 6.42 Å². The van der Waals surface area contributed by atoms with E-state index < -0.39 is 29.0 Å². The van der Waals surface area contributed by atoms with Crippen molar-refractivity contribution in [3.8, 4) is 0 Å². The molecule has 0 saturated heterocycles. The average molecular weight is 333 g/mol. The molecule has 0 radical (unpaired) electrons. The molecule has 0 aliphatic carbocycles. The van der Waals surface area contributed by atoms with Crippen LogP contribution in [-0.4, -0.2) is 15.5 Å². The first-order valence-electron chi connectivity index (χ1n) is 7.38. The van der Waals surface area contributed by atoms with Gasteiger partial charge in [-0.15, -0.1) is 0 Å². The van der Waals surface area contributed by atoms with Gasteiger partial charge in [0.1, 0.15) is 12.4 Å². The number of fused-ring (bicyclic) bond motifs is 1. The molecule has 4 nitrogen and oxygen atoms in total. The Balaban J connectivity index is 1.87. The van der Waals surface area contributed by atoms with E-state index in [0.29, 0.717) is 12.2 Å². The number of carbonyl (C=O) groups excluding carboxylic acids is 1. The number of para-hydroxylation sites is 2. The van der Waals surface area contributed by atoms with Crippen molar-refractivity contribution in [3.63, 3.8) is 0 Å². The van der Waals surface area contributed by atoms with E-state index in [1.54, 1.807) is 4.57 Å². The van der Waals surface area contributed by atoms with Gasteiger partial charge in [0.25, 0.3) is 0 Å². The summed E-state index contributed by atoms with van der Waals surface area (Å²) in [5, 5.41) is 2.26. The lowest BCUT2D eigenvalue weighted by molar-refractivity contribution is -0.116. The topological polar surface area (TPSA) is 46.9 Å². The quantitative estimate of drug-likeness (QED) is 0.741. The van der Waals surface area contributed by atoms with Crippen LogP contribution in [0.2, 0.25) is 0 Å². The molecule has 0 bridgehead atoms. The predicted molar refractivity (Wildman–Crippen MR) is 84.1 cm³/mol. The van der Waals surface area contributed by atoms with E-state index in [0.717, 1.165) is 23.2 Å². The van der Waals surface area contributed by atoms with Crippen molar-refractivity contribution in [2.24, 2.45) is 0 Å². The number of anilines is 1. The summed E-state index contributed by atoms with van der Waals surface area (Å²) in [4.78, 5) is 16.6. The largest absolute Gasteiger partial charge is 0.322 e. The van der Waals surface area contributed by atoms with Crippen LogP contribution >= 0.6 is 0 Å². The number of hydrogen-bond acceptors (Lipinski definition) is 2. The predicted octanol–water partition coefficient (Wildman–Crippen LogP) is 3.65. The Morgan fingerprint density at radius 1 is 1.12 bits per heavy atom. The third-order valence-corrected chi connectivity index (χ3v) is 3.66. The third-order valence-electron chi connectivity index (χ3n) is 3.66. The lowest BCUT2D eigenvalue weighted by atomic mass is 10.2. The monoisotopic (exact) mass is 333 g/mol. The summed E-state index contributed by atoms with van der Waals surface area (Å²) in [5.74, 6) is -4.20. The molecule has 3 rings (SSSR count). The zero-order chi connectivity index (χ0) is 17.3. The first kappa shape index (κ1) is 16.0. The Hall–Kier alpha value is -2.83. The van der Waals surface area contributed by atoms with Gasteiger partial charge in [-0.1, -0.05) is 19.1 Å². The molecule has 1 aromatic heterocycles. The van der Waals surface area contributed by atoms with Crippen molar-refractivity contribution in [3.05, 3.63) is 59.7 Å². The molecular formula is C17H14F3N3O. The van der Waals surface area contributed by atoms with Gasteiger partial charge in [0.05, 0.1) is 16.7 Å². The second-order valence-electron chi connectivity index (χ2n) is 5.23. The van der Waals surface area contributed by atoms with Gasteiger partial charge >= 0.3 is 0 Å². The molecule has 0 spiro atoms. The molecule has 124 valence electrons. The second-order valence-corrected chi connectivity index (χ2v) is 5.23. The summed E-state index contributed by atoms with van der Waals surface area (Å²) < 4.78 is 41.5.